The Bertz CT molecular complexity index is 257. The van der Waals surface area contributed by atoms with Gasteiger partial charge in [0.1, 0.15) is 5.54 Å². The number of rotatable bonds is 4. The maximum absolute atomic E-state index is 11.6. The molecule has 88 valence electrons. The monoisotopic (exact) mass is 217 g/mol. The number of carboxylic acids is 1. The van der Waals surface area contributed by atoms with Crippen LogP contribution in [-0.4, -0.2) is 29.7 Å². The lowest BCUT2D eigenvalue weighted by Gasteiger charge is -2.38. The highest BCUT2D eigenvalue weighted by Gasteiger charge is 2.46. The molecule has 0 aromatic rings. The SMILES string of the molecule is COC(=O)[C@@](N)(CCC(=O)O)C(C)(C)C. The van der Waals surface area contributed by atoms with Gasteiger partial charge in [-0.2, -0.15) is 0 Å². The van der Waals surface area contributed by atoms with Gasteiger partial charge in [0, 0.05) is 6.42 Å². The second-order valence-corrected chi connectivity index (χ2v) is 4.61. The van der Waals surface area contributed by atoms with E-state index in [0.717, 1.165) is 0 Å². The molecule has 0 radical (unpaired) electrons. The lowest BCUT2D eigenvalue weighted by Crippen LogP contribution is -2.58. The van der Waals surface area contributed by atoms with Crippen LogP contribution in [-0.2, 0) is 14.3 Å². The van der Waals surface area contributed by atoms with Crippen molar-refractivity contribution in [2.75, 3.05) is 7.11 Å². The molecule has 0 aliphatic carbocycles. The summed E-state index contributed by atoms with van der Waals surface area (Å²) in [6.45, 7) is 5.35. The zero-order chi connectivity index (χ0) is 12.3. The highest BCUT2D eigenvalue weighted by Crippen LogP contribution is 2.33. The average Bonchev–Trinajstić information content (AvgIpc) is 2.10. The minimum atomic E-state index is -1.26. The zero-order valence-electron chi connectivity index (χ0n) is 9.66. The van der Waals surface area contributed by atoms with E-state index in [4.69, 9.17) is 10.8 Å². The maximum Gasteiger partial charge on any atom is 0.326 e. The summed E-state index contributed by atoms with van der Waals surface area (Å²) in [5.74, 6) is -1.55. The minimum absolute atomic E-state index is 0.0680. The first kappa shape index (κ1) is 13.9. The Balaban J connectivity index is 4.87. The van der Waals surface area contributed by atoms with Gasteiger partial charge in [-0.25, -0.2) is 0 Å². The quantitative estimate of drug-likeness (QED) is 0.679. The van der Waals surface area contributed by atoms with E-state index < -0.39 is 22.9 Å². The molecule has 0 amide bonds. The van der Waals surface area contributed by atoms with Crippen LogP contribution >= 0.6 is 0 Å². The molecular formula is C10H19NO4. The summed E-state index contributed by atoms with van der Waals surface area (Å²) in [4.78, 5) is 22.0. The molecule has 5 heteroatoms. The lowest BCUT2D eigenvalue weighted by atomic mass is 9.71. The second kappa shape index (κ2) is 4.61. The molecule has 0 saturated carbocycles. The van der Waals surface area contributed by atoms with E-state index in [-0.39, 0.29) is 12.8 Å². The lowest BCUT2D eigenvalue weighted by molar-refractivity contribution is -0.152. The first-order valence-electron chi connectivity index (χ1n) is 4.74. The van der Waals surface area contributed by atoms with Gasteiger partial charge in [0.25, 0.3) is 0 Å². The van der Waals surface area contributed by atoms with Crippen LogP contribution in [0.2, 0.25) is 0 Å². The number of ether oxygens (including phenoxy) is 1. The van der Waals surface area contributed by atoms with E-state index in [0.29, 0.717) is 0 Å². The number of carboxylic acid groups (broad SMARTS) is 1. The first-order chi connectivity index (χ1) is 6.65. The Morgan fingerprint density at radius 1 is 1.33 bits per heavy atom. The van der Waals surface area contributed by atoms with Crippen molar-refractivity contribution >= 4 is 11.9 Å². The largest absolute Gasteiger partial charge is 0.481 e. The highest BCUT2D eigenvalue weighted by molar-refractivity contribution is 5.82. The zero-order valence-corrected chi connectivity index (χ0v) is 9.66. The van der Waals surface area contributed by atoms with Crippen molar-refractivity contribution in [2.45, 2.75) is 39.2 Å². The summed E-state index contributed by atoms with van der Waals surface area (Å²) in [5, 5.41) is 8.59. The molecule has 3 N–H and O–H groups in total. The molecule has 5 nitrogen and oxygen atoms in total. The topological polar surface area (TPSA) is 89.6 Å². The molecule has 1 atom stereocenters. The summed E-state index contributed by atoms with van der Waals surface area (Å²) >= 11 is 0. The molecule has 0 heterocycles. The first-order valence-corrected chi connectivity index (χ1v) is 4.74. The smallest absolute Gasteiger partial charge is 0.326 e. The predicted molar refractivity (Wildman–Crippen MR) is 55.3 cm³/mol. The number of hydrogen-bond donors (Lipinski definition) is 2. The third-order valence-corrected chi connectivity index (χ3v) is 2.62. The second-order valence-electron chi connectivity index (χ2n) is 4.61. The summed E-state index contributed by atoms with van der Waals surface area (Å²) in [6.07, 6.45) is -0.0820. The van der Waals surface area contributed by atoms with Crippen molar-refractivity contribution in [1.29, 1.82) is 0 Å². The minimum Gasteiger partial charge on any atom is -0.481 e. The van der Waals surface area contributed by atoms with Crippen LogP contribution in [0, 0.1) is 5.41 Å². The van der Waals surface area contributed by atoms with E-state index in [2.05, 4.69) is 4.74 Å². The van der Waals surface area contributed by atoms with Crippen molar-refractivity contribution in [1.82, 2.24) is 0 Å². The third-order valence-electron chi connectivity index (χ3n) is 2.62. The van der Waals surface area contributed by atoms with Gasteiger partial charge in [0.2, 0.25) is 0 Å². The van der Waals surface area contributed by atoms with E-state index in [9.17, 15) is 9.59 Å². The molecule has 0 aromatic carbocycles. The van der Waals surface area contributed by atoms with Crippen molar-refractivity contribution in [3.8, 4) is 0 Å². The van der Waals surface area contributed by atoms with Crippen molar-refractivity contribution in [3.05, 3.63) is 0 Å². The molecule has 0 bridgehead atoms. The number of hydrogen-bond acceptors (Lipinski definition) is 4. The number of carbonyl (C=O) groups excluding carboxylic acids is 1. The van der Waals surface area contributed by atoms with E-state index >= 15 is 0 Å². The number of aliphatic carboxylic acids is 1. The summed E-state index contributed by atoms with van der Waals surface area (Å²) in [7, 11) is 1.25. The van der Waals surface area contributed by atoms with Gasteiger partial charge in [-0.05, 0) is 11.8 Å². The van der Waals surface area contributed by atoms with Crippen LogP contribution < -0.4 is 5.73 Å². The molecule has 0 aliphatic heterocycles. The normalized spacial score (nSPS) is 15.5. The molecular weight excluding hydrogens is 198 g/mol. The summed E-state index contributed by atoms with van der Waals surface area (Å²) < 4.78 is 4.62. The molecule has 0 aromatic heterocycles. The number of methoxy groups -OCH3 is 1. The Labute approximate surface area is 89.6 Å². The van der Waals surface area contributed by atoms with E-state index in [1.807, 2.05) is 0 Å². The fraction of sp³-hybridized carbons (Fsp3) is 0.800. The Hall–Kier alpha value is -1.10. The van der Waals surface area contributed by atoms with Gasteiger partial charge < -0.3 is 15.6 Å². The fourth-order valence-electron chi connectivity index (χ4n) is 1.27. The van der Waals surface area contributed by atoms with Gasteiger partial charge in [0.05, 0.1) is 7.11 Å². The Kier molecular flexibility index (Phi) is 4.27. The van der Waals surface area contributed by atoms with Gasteiger partial charge >= 0.3 is 11.9 Å². The predicted octanol–water partition coefficient (Wildman–Crippen LogP) is 0.768. The molecule has 0 spiro atoms. The highest BCUT2D eigenvalue weighted by atomic mass is 16.5. The van der Waals surface area contributed by atoms with Gasteiger partial charge in [-0.3, -0.25) is 9.59 Å². The van der Waals surface area contributed by atoms with Gasteiger partial charge in [0.15, 0.2) is 0 Å². The van der Waals surface area contributed by atoms with Crippen LogP contribution in [0.4, 0.5) is 0 Å². The number of esters is 1. The summed E-state index contributed by atoms with van der Waals surface area (Å²) in [6, 6.07) is 0. The fourth-order valence-corrected chi connectivity index (χ4v) is 1.27. The molecule has 0 fully saturated rings. The molecule has 0 saturated heterocycles. The Morgan fingerprint density at radius 3 is 2.07 bits per heavy atom. The van der Waals surface area contributed by atoms with Crippen molar-refractivity contribution < 1.29 is 19.4 Å². The van der Waals surface area contributed by atoms with E-state index in [1.54, 1.807) is 20.8 Å². The molecule has 15 heavy (non-hydrogen) atoms. The Morgan fingerprint density at radius 2 is 1.80 bits per heavy atom. The van der Waals surface area contributed by atoms with Crippen LogP contribution in [0.5, 0.6) is 0 Å². The van der Waals surface area contributed by atoms with E-state index in [1.165, 1.54) is 7.11 Å². The van der Waals surface area contributed by atoms with Crippen LogP contribution in [0.3, 0.4) is 0 Å². The standard InChI is InChI=1S/C10H19NO4/c1-9(2,3)10(11,8(14)15-4)6-5-7(12)13/h5-6,11H2,1-4H3,(H,12,13)/t10-/m0/s1. The van der Waals surface area contributed by atoms with Crippen molar-refractivity contribution in [3.63, 3.8) is 0 Å². The maximum atomic E-state index is 11.6. The van der Waals surface area contributed by atoms with Crippen LogP contribution in [0.1, 0.15) is 33.6 Å². The van der Waals surface area contributed by atoms with Crippen molar-refractivity contribution in [2.24, 2.45) is 11.1 Å². The van der Waals surface area contributed by atoms with Crippen LogP contribution in [0.25, 0.3) is 0 Å². The molecule has 0 unspecified atom stereocenters. The third kappa shape index (κ3) is 3.20. The van der Waals surface area contributed by atoms with Gasteiger partial charge in [-0.1, -0.05) is 20.8 Å². The van der Waals surface area contributed by atoms with Gasteiger partial charge in [-0.15, -0.1) is 0 Å². The number of carbonyl (C=O) groups is 2. The van der Waals surface area contributed by atoms with Crippen LogP contribution in [0.15, 0.2) is 0 Å². The number of nitrogens with two attached hydrogens (primary N) is 1. The molecule has 0 rings (SSSR count). The average molecular weight is 217 g/mol. The molecule has 0 aliphatic rings. The summed E-state index contributed by atoms with van der Waals surface area (Å²) in [5.41, 5.74) is 4.13.